The molecule has 2 heterocycles. The zero-order valence-corrected chi connectivity index (χ0v) is 18.7. The predicted octanol–water partition coefficient (Wildman–Crippen LogP) is 3.55. The van der Waals surface area contributed by atoms with E-state index in [9.17, 15) is 19.5 Å². The molecule has 33 heavy (non-hydrogen) atoms. The molecule has 0 atom stereocenters. The van der Waals surface area contributed by atoms with E-state index in [1.165, 1.54) is 4.57 Å². The average molecular weight is 447 g/mol. The van der Waals surface area contributed by atoms with E-state index in [4.69, 9.17) is 0 Å². The van der Waals surface area contributed by atoms with Crippen molar-refractivity contribution in [2.24, 2.45) is 0 Å². The minimum atomic E-state index is -0.856. The van der Waals surface area contributed by atoms with Crippen molar-refractivity contribution in [2.75, 3.05) is 5.43 Å². The topological polar surface area (TPSA) is 106 Å². The molecule has 0 aliphatic rings. The number of hydrogen-bond donors (Lipinski definition) is 2. The van der Waals surface area contributed by atoms with E-state index >= 15 is 0 Å². The Morgan fingerprint density at radius 3 is 2.39 bits per heavy atom. The van der Waals surface area contributed by atoms with Crippen LogP contribution in [0.3, 0.4) is 0 Å². The molecule has 0 aliphatic heterocycles. The van der Waals surface area contributed by atoms with E-state index in [0.29, 0.717) is 47.0 Å². The number of rotatable bonds is 7. The number of carbonyl (C=O) groups excluding carboxylic acids is 1. The monoisotopic (exact) mass is 446 g/mol. The van der Waals surface area contributed by atoms with Crippen molar-refractivity contribution >= 4 is 27.7 Å². The van der Waals surface area contributed by atoms with Crippen molar-refractivity contribution in [1.29, 1.82) is 0 Å². The van der Waals surface area contributed by atoms with Crippen LogP contribution in [0, 0.1) is 0 Å². The van der Waals surface area contributed by atoms with Crippen molar-refractivity contribution in [3.8, 4) is 5.75 Å². The van der Waals surface area contributed by atoms with Crippen LogP contribution in [0.4, 0.5) is 0 Å². The number of hydrogen-bond acceptors (Lipinski definition) is 5. The standard InChI is InChI=1S/C25H26N4O4/c1-3-5-14-20-26-18-12-8-6-10-16(18)24(32)29(20)27-23(31)21-22(30)17-11-7-9-13-19(17)28(15-4-2)25(21)33/h6-13,30H,3-5,14-15H2,1-2H3,(H,27,31). The number of carbonyl (C=O) groups is 1. The third-order valence-electron chi connectivity index (χ3n) is 5.63. The van der Waals surface area contributed by atoms with Gasteiger partial charge in [-0.3, -0.25) is 19.8 Å². The Kier molecular flexibility index (Phi) is 6.26. The number of aromatic nitrogens is 3. The normalized spacial score (nSPS) is 11.2. The molecule has 8 heteroatoms. The molecule has 0 unspecified atom stereocenters. The zero-order chi connectivity index (χ0) is 23.5. The molecular formula is C25H26N4O4. The maximum Gasteiger partial charge on any atom is 0.280 e. The van der Waals surface area contributed by atoms with Crippen LogP contribution in [-0.4, -0.2) is 25.2 Å². The fourth-order valence-corrected chi connectivity index (χ4v) is 3.99. The van der Waals surface area contributed by atoms with Gasteiger partial charge in [0.15, 0.2) is 0 Å². The van der Waals surface area contributed by atoms with Crippen molar-refractivity contribution in [3.63, 3.8) is 0 Å². The quantitative estimate of drug-likeness (QED) is 0.452. The molecule has 2 aromatic carbocycles. The number of pyridine rings is 1. The molecule has 170 valence electrons. The third-order valence-corrected chi connectivity index (χ3v) is 5.63. The first-order valence-corrected chi connectivity index (χ1v) is 11.1. The summed E-state index contributed by atoms with van der Waals surface area (Å²) in [6.07, 6.45) is 2.79. The number of unbranched alkanes of at least 4 members (excludes halogenated alkanes) is 1. The maximum absolute atomic E-state index is 13.3. The highest BCUT2D eigenvalue weighted by Gasteiger charge is 2.23. The molecule has 1 amide bonds. The van der Waals surface area contributed by atoms with Gasteiger partial charge in [0.05, 0.1) is 16.4 Å². The summed E-state index contributed by atoms with van der Waals surface area (Å²) in [7, 11) is 0. The first kappa shape index (κ1) is 22.3. The molecule has 0 fully saturated rings. The molecule has 0 saturated heterocycles. The Morgan fingerprint density at radius 1 is 0.970 bits per heavy atom. The molecule has 2 aromatic heterocycles. The summed E-state index contributed by atoms with van der Waals surface area (Å²) in [5.41, 5.74) is 2.18. The highest BCUT2D eigenvalue weighted by molar-refractivity contribution is 6.06. The van der Waals surface area contributed by atoms with Gasteiger partial charge in [0.2, 0.25) is 0 Å². The molecule has 4 rings (SSSR count). The van der Waals surface area contributed by atoms with Crippen LogP contribution >= 0.6 is 0 Å². The van der Waals surface area contributed by atoms with Gasteiger partial charge in [0, 0.05) is 18.4 Å². The third kappa shape index (κ3) is 4.00. The second-order valence-corrected chi connectivity index (χ2v) is 7.93. The first-order chi connectivity index (χ1) is 16.0. The molecule has 0 radical (unpaired) electrons. The minimum absolute atomic E-state index is 0.351. The number of aromatic hydroxyl groups is 1. The molecule has 4 aromatic rings. The van der Waals surface area contributed by atoms with Gasteiger partial charge in [0.25, 0.3) is 17.0 Å². The van der Waals surface area contributed by atoms with Crippen molar-refractivity contribution in [3.05, 3.63) is 80.6 Å². The van der Waals surface area contributed by atoms with Crippen LogP contribution in [0.2, 0.25) is 0 Å². The Labute approximate surface area is 190 Å². The van der Waals surface area contributed by atoms with Gasteiger partial charge >= 0.3 is 0 Å². The number of fused-ring (bicyclic) bond motifs is 2. The number of aryl methyl sites for hydroxylation is 2. The summed E-state index contributed by atoms with van der Waals surface area (Å²) in [4.78, 5) is 44.3. The maximum atomic E-state index is 13.3. The first-order valence-electron chi connectivity index (χ1n) is 11.1. The van der Waals surface area contributed by atoms with Crippen LogP contribution in [-0.2, 0) is 13.0 Å². The largest absolute Gasteiger partial charge is 0.506 e. The van der Waals surface area contributed by atoms with E-state index in [0.717, 1.165) is 17.5 Å². The Morgan fingerprint density at radius 2 is 1.67 bits per heavy atom. The zero-order valence-electron chi connectivity index (χ0n) is 18.7. The van der Waals surface area contributed by atoms with E-state index in [2.05, 4.69) is 10.4 Å². The molecule has 8 nitrogen and oxygen atoms in total. The van der Waals surface area contributed by atoms with Crippen molar-refractivity contribution in [2.45, 2.75) is 46.1 Å². The molecule has 0 bridgehead atoms. The number of nitrogens with zero attached hydrogens (tertiary/aromatic N) is 3. The highest BCUT2D eigenvalue weighted by Crippen LogP contribution is 2.26. The van der Waals surface area contributed by atoms with Gasteiger partial charge in [-0.15, -0.1) is 0 Å². The number of para-hydroxylation sites is 2. The smallest absolute Gasteiger partial charge is 0.280 e. The van der Waals surface area contributed by atoms with Crippen LogP contribution in [0.1, 0.15) is 49.3 Å². The molecular weight excluding hydrogens is 420 g/mol. The Bertz CT molecular complexity index is 1470. The lowest BCUT2D eigenvalue weighted by molar-refractivity contribution is 0.100. The summed E-state index contributed by atoms with van der Waals surface area (Å²) in [5, 5.41) is 11.6. The Hall–Kier alpha value is -3.94. The summed E-state index contributed by atoms with van der Waals surface area (Å²) < 4.78 is 2.57. The Balaban J connectivity index is 1.88. The summed E-state index contributed by atoms with van der Waals surface area (Å²) in [5.74, 6) is -0.870. The van der Waals surface area contributed by atoms with Gasteiger partial charge in [0.1, 0.15) is 17.1 Å². The summed E-state index contributed by atoms with van der Waals surface area (Å²) in [6, 6.07) is 13.8. The van der Waals surface area contributed by atoms with Gasteiger partial charge in [-0.25, -0.2) is 9.66 Å². The van der Waals surface area contributed by atoms with Gasteiger partial charge in [-0.2, -0.15) is 0 Å². The number of amides is 1. The molecule has 2 N–H and O–H groups in total. The minimum Gasteiger partial charge on any atom is -0.506 e. The van der Waals surface area contributed by atoms with Crippen LogP contribution in [0.25, 0.3) is 21.8 Å². The van der Waals surface area contributed by atoms with Crippen molar-refractivity contribution < 1.29 is 9.90 Å². The molecule has 0 saturated carbocycles. The van der Waals surface area contributed by atoms with E-state index in [1.54, 1.807) is 48.5 Å². The van der Waals surface area contributed by atoms with Gasteiger partial charge in [-0.1, -0.05) is 44.5 Å². The summed E-state index contributed by atoms with van der Waals surface area (Å²) in [6.45, 7) is 4.33. The van der Waals surface area contributed by atoms with Crippen LogP contribution in [0.15, 0.2) is 58.1 Å². The van der Waals surface area contributed by atoms with E-state index in [-0.39, 0.29) is 0 Å². The summed E-state index contributed by atoms with van der Waals surface area (Å²) >= 11 is 0. The lowest BCUT2D eigenvalue weighted by atomic mass is 10.1. The second kappa shape index (κ2) is 9.28. The van der Waals surface area contributed by atoms with Crippen LogP contribution in [0.5, 0.6) is 5.75 Å². The van der Waals surface area contributed by atoms with Crippen molar-refractivity contribution in [1.82, 2.24) is 14.2 Å². The lowest BCUT2D eigenvalue weighted by Gasteiger charge is -2.17. The SMILES string of the molecule is CCCCc1nc2ccccc2c(=O)n1NC(=O)c1c(O)c2ccccc2n(CCC)c1=O. The lowest BCUT2D eigenvalue weighted by Crippen LogP contribution is -2.39. The predicted molar refractivity (Wildman–Crippen MR) is 128 cm³/mol. The molecule has 0 aliphatic carbocycles. The fourth-order valence-electron chi connectivity index (χ4n) is 3.99. The fraction of sp³-hybridized carbons (Fsp3) is 0.280. The van der Waals surface area contributed by atoms with Crippen LogP contribution < -0.4 is 16.5 Å². The highest BCUT2D eigenvalue weighted by atomic mass is 16.3. The second-order valence-electron chi connectivity index (χ2n) is 7.93. The number of benzene rings is 2. The number of nitrogens with one attached hydrogen (secondary N) is 1. The van der Waals surface area contributed by atoms with E-state index in [1.807, 2.05) is 13.8 Å². The van der Waals surface area contributed by atoms with Gasteiger partial charge in [-0.05, 0) is 37.1 Å². The average Bonchev–Trinajstić information content (AvgIpc) is 2.82. The van der Waals surface area contributed by atoms with Gasteiger partial charge < -0.3 is 9.67 Å². The van der Waals surface area contributed by atoms with E-state index < -0.39 is 28.3 Å². The molecule has 0 spiro atoms.